The van der Waals surface area contributed by atoms with E-state index in [-0.39, 0.29) is 6.10 Å². The van der Waals surface area contributed by atoms with E-state index in [9.17, 15) is 0 Å². The van der Waals surface area contributed by atoms with Crippen LogP contribution in [0.25, 0.3) is 0 Å². The summed E-state index contributed by atoms with van der Waals surface area (Å²) in [6, 6.07) is 0. The lowest BCUT2D eigenvalue weighted by atomic mass is 9.80. The first-order chi connectivity index (χ1) is 5.85. The summed E-state index contributed by atoms with van der Waals surface area (Å²) in [5, 5.41) is 0. The molecule has 0 aromatic carbocycles. The Balaban J connectivity index is 1.94. The smallest absolute Gasteiger partial charge is 0.0704 e. The summed E-state index contributed by atoms with van der Waals surface area (Å²) in [7, 11) is 0. The van der Waals surface area contributed by atoms with Gasteiger partial charge in [0.2, 0.25) is 0 Å². The van der Waals surface area contributed by atoms with Gasteiger partial charge in [0.05, 0.1) is 19.3 Å². The van der Waals surface area contributed by atoms with E-state index in [4.69, 9.17) is 15.2 Å². The van der Waals surface area contributed by atoms with Crippen LogP contribution in [0.15, 0.2) is 0 Å². The van der Waals surface area contributed by atoms with Gasteiger partial charge in [-0.2, -0.15) is 0 Å². The molecule has 2 heterocycles. The lowest BCUT2D eigenvalue weighted by Crippen LogP contribution is -2.32. The lowest BCUT2D eigenvalue weighted by molar-refractivity contribution is -0.0135. The van der Waals surface area contributed by atoms with Crippen molar-refractivity contribution in [3.05, 3.63) is 0 Å². The van der Waals surface area contributed by atoms with Gasteiger partial charge in [0, 0.05) is 18.6 Å². The fraction of sp³-hybridized carbons (Fsp3) is 1.00. The first-order valence-corrected chi connectivity index (χ1v) is 4.74. The third-order valence-corrected chi connectivity index (χ3v) is 2.95. The molecule has 2 saturated heterocycles. The molecular weight excluding hydrogens is 154 g/mol. The van der Waals surface area contributed by atoms with Crippen LogP contribution in [0, 0.1) is 5.41 Å². The van der Waals surface area contributed by atoms with Crippen molar-refractivity contribution in [2.24, 2.45) is 11.1 Å². The Morgan fingerprint density at radius 1 is 1.42 bits per heavy atom. The van der Waals surface area contributed by atoms with Crippen molar-refractivity contribution < 1.29 is 9.47 Å². The second-order valence-corrected chi connectivity index (χ2v) is 4.03. The fourth-order valence-electron chi connectivity index (χ4n) is 2.23. The molecule has 0 unspecified atom stereocenters. The summed E-state index contributed by atoms with van der Waals surface area (Å²) < 4.78 is 11.1. The molecule has 70 valence electrons. The predicted molar refractivity (Wildman–Crippen MR) is 45.9 cm³/mol. The van der Waals surface area contributed by atoms with Crippen molar-refractivity contribution in [3.63, 3.8) is 0 Å². The SMILES string of the molecule is NC[C@@H]1C[C@]2(CCCOC2)CO1. The Bertz CT molecular complexity index is 155. The number of nitrogens with two attached hydrogens (primary N) is 1. The molecule has 0 bridgehead atoms. The zero-order chi connectivity index (χ0) is 8.44. The highest BCUT2D eigenvalue weighted by Gasteiger charge is 2.40. The van der Waals surface area contributed by atoms with Crippen LogP contribution in [-0.4, -0.2) is 32.5 Å². The molecule has 0 radical (unpaired) electrons. The predicted octanol–water partition coefficient (Wildman–Crippen LogP) is 0.531. The number of hydrogen-bond acceptors (Lipinski definition) is 3. The molecule has 3 heteroatoms. The van der Waals surface area contributed by atoms with Gasteiger partial charge in [-0.1, -0.05) is 0 Å². The van der Waals surface area contributed by atoms with Crippen LogP contribution in [0.3, 0.4) is 0 Å². The van der Waals surface area contributed by atoms with Crippen LogP contribution in [0.4, 0.5) is 0 Å². The molecule has 0 aromatic heterocycles. The topological polar surface area (TPSA) is 44.5 Å². The maximum atomic E-state index is 5.59. The van der Waals surface area contributed by atoms with Crippen LogP contribution in [-0.2, 0) is 9.47 Å². The Hall–Kier alpha value is -0.120. The van der Waals surface area contributed by atoms with Gasteiger partial charge in [-0.3, -0.25) is 0 Å². The molecule has 0 saturated carbocycles. The Kier molecular flexibility index (Phi) is 2.35. The van der Waals surface area contributed by atoms with Crippen LogP contribution < -0.4 is 5.73 Å². The van der Waals surface area contributed by atoms with E-state index in [0.29, 0.717) is 12.0 Å². The molecule has 0 aliphatic carbocycles. The molecule has 2 aliphatic heterocycles. The zero-order valence-corrected chi connectivity index (χ0v) is 7.42. The van der Waals surface area contributed by atoms with Gasteiger partial charge in [-0.15, -0.1) is 0 Å². The highest BCUT2D eigenvalue weighted by molar-refractivity contribution is 4.89. The maximum absolute atomic E-state index is 5.59. The van der Waals surface area contributed by atoms with E-state index < -0.39 is 0 Å². The summed E-state index contributed by atoms with van der Waals surface area (Å²) in [5.74, 6) is 0. The van der Waals surface area contributed by atoms with E-state index in [2.05, 4.69) is 0 Å². The number of rotatable bonds is 1. The van der Waals surface area contributed by atoms with Gasteiger partial charge in [-0.25, -0.2) is 0 Å². The third kappa shape index (κ3) is 1.49. The highest BCUT2D eigenvalue weighted by Crippen LogP contribution is 2.39. The largest absolute Gasteiger partial charge is 0.381 e. The summed E-state index contributed by atoms with van der Waals surface area (Å²) in [5.41, 5.74) is 5.88. The summed E-state index contributed by atoms with van der Waals surface area (Å²) in [6.07, 6.45) is 3.82. The Morgan fingerprint density at radius 2 is 2.33 bits per heavy atom. The van der Waals surface area contributed by atoms with Gasteiger partial charge < -0.3 is 15.2 Å². The third-order valence-electron chi connectivity index (χ3n) is 2.95. The van der Waals surface area contributed by atoms with Crippen molar-refractivity contribution in [2.75, 3.05) is 26.4 Å². The molecule has 12 heavy (non-hydrogen) atoms. The molecule has 3 nitrogen and oxygen atoms in total. The van der Waals surface area contributed by atoms with Crippen LogP contribution in [0.5, 0.6) is 0 Å². The molecular formula is C9H17NO2. The van der Waals surface area contributed by atoms with Gasteiger partial charge >= 0.3 is 0 Å². The maximum Gasteiger partial charge on any atom is 0.0704 e. The van der Waals surface area contributed by atoms with Gasteiger partial charge in [0.1, 0.15) is 0 Å². The van der Waals surface area contributed by atoms with E-state index in [1.165, 1.54) is 12.8 Å². The molecule has 1 spiro atoms. The number of ether oxygens (including phenoxy) is 2. The second kappa shape index (κ2) is 3.32. The Labute approximate surface area is 73.2 Å². The van der Waals surface area contributed by atoms with Crippen molar-refractivity contribution in [3.8, 4) is 0 Å². The van der Waals surface area contributed by atoms with Crippen molar-refractivity contribution in [2.45, 2.75) is 25.4 Å². The molecule has 2 atom stereocenters. The number of hydrogen-bond donors (Lipinski definition) is 1. The van der Waals surface area contributed by atoms with Crippen molar-refractivity contribution in [1.29, 1.82) is 0 Å². The van der Waals surface area contributed by atoms with Crippen molar-refractivity contribution >= 4 is 0 Å². The molecule has 0 aromatic rings. The summed E-state index contributed by atoms with van der Waals surface area (Å²) in [6.45, 7) is 3.31. The van der Waals surface area contributed by atoms with Crippen LogP contribution in [0.2, 0.25) is 0 Å². The molecule has 0 amide bonds. The van der Waals surface area contributed by atoms with Gasteiger partial charge in [0.25, 0.3) is 0 Å². The second-order valence-electron chi connectivity index (χ2n) is 4.03. The average molecular weight is 171 g/mol. The Morgan fingerprint density at radius 3 is 2.92 bits per heavy atom. The quantitative estimate of drug-likeness (QED) is 0.626. The van der Waals surface area contributed by atoms with Gasteiger partial charge in [0.15, 0.2) is 0 Å². The fourth-order valence-corrected chi connectivity index (χ4v) is 2.23. The van der Waals surface area contributed by atoms with E-state index >= 15 is 0 Å². The van der Waals surface area contributed by atoms with E-state index in [1.54, 1.807) is 0 Å². The normalized spacial score (nSPS) is 42.2. The minimum atomic E-state index is 0.284. The van der Waals surface area contributed by atoms with Crippen LogP contribution in [0.1, 0.15) is 19.3 Å². The minimum Gasteiger partial charge on any atom is -0.381 e. The first-order valence-electron chi connectivity index (χ1n) is 4.74. The average Bonchev–Trinajstić information content (AvgIpc) is 2.50. The zero-order valence-electron chi connectivity index (χ0n) is 7.42. The monoisotopic (exact) mass is 171 g/mol. The standard InChI is InChI=1S/C9H17NO2/c10-5-8-4-9(7-12-8)2-1-3-11-6-9/h8H,1-7,10H2/t8-,9-/m0/s1. The molecule has 2 N–H and O–H groups in total. The van der Waals surface area contributed by atoms with Crippen LogP contribution >= 0.6 is 0 Å². The van der Waals surface area contributed by atoms with Crippen molar-refractivity contribution in [1.82, 2.24) is 0 Å². The van der Waals surface area contributed by atoms with E-state index in [0.717, 1.165) is 26.2 Å². The molecule has 2 rings (SSSR count). The first kappa shape index (κ1) is 8.48. The summed E-state index contributed by atoms with van der Waals surface area (Å²) in [4.78, 5) is 0. The molecule has 2 aliphatic rings. The van der Waals surface area contributed by atoms with Gasteiger partial charge in [-0.05, 0) is 19.3 Å². The highest BCUT2D eigenvalue weighted by atomic mass is 16.5. The summed E-state index contributed by atoms with van der Waals surface area (Å²) >= 11 is 0. The molecule has 2 fully saturated rings. The minimum absolute atomic E-state index is 0.284. The lowest BCUT2D eigenvalue weighted by Gasteiger charge is -2.31. The van der Waals surface area contributed by atoms with E-state index in [1.807, 2.05) is 0 Å².